The molecular formula is C19H21FN4O5S2. The molecule has 166 valence electrons. The smallest absolute Gasteiger partial charge is 0.411 e. The van der Waals surface area contributed by atoms with Crippen LogP contribution in [-0.2, 0) is 9.59 Å². The van der Waals surface area contributed by atoms with Crippen LogP contribution < -0.4 is 15.2 Å². The van der Waals surface area contributed by atoms with Crippen LogP contribution in [-0.4, -0.2) is 57.1 Å². The molecule has 4 atom stereocenters. The highest BCUT2D eigenvalue weighted by Gasteiger charge is 2.59. The number of thiazole rings is 1. The fraction of sp³-hybridized carbons (Fsp3) is 0.474. The fourth-order valence-electron chi connectivity index (χ4n) is 4.57. The summed E-state index contributed by atoms with van der Waals surface area (Å²) in [6.45, 7) is 4.51. The second-order valence-corrected chi connectivity index (χ2v) is 9.74. The zero-order valence-corrected chi connectivity index (χ0v) is 18.6. The number of nitrogens with zero attached hydrogens (tertiary/aromatic N) is 3. The lowest BCUT2D eigenvalue weighted by molar-refractivity contribution is -0.515. The fourth-order valence-corrected chi connectivity index (χ4v) is 6.94. The van der Waals surface area contributed by atoms with Gasteiger partial charge in [0.2, 0.25) is 15.8 Å². The summed E-state index contributed by atoms with van der Waals surface area (Å²) < 4.78 is 15.7. The van der Waals surface area contributed by atoms with E-state index < -0.39 is 42.6 Å². The Morgan fingerprint density at radius 3 is 2.71 bits per heavy atom. The highest BCUT2D eigenvalue weighted by molar-refractivity contribution is 7.99. The van der Waals surface area contributed by atoms with Crippen LogP contribution in [0.5, 0.6) is 0 Å². The Morgan fingerprint density at radius 2 is 2.16 bits per heavy atom. The van der Waals surface area contributed by atoms with Gasteiger partial charge in [0.15, 0.2) is 0 Å². The number of amides is 2. The van der Waals surface area contributed by atoms with Gasteiger partial charge in [0.1, 0.15) is 5.69 Å². The number of fused-ring (bicyclic) bond motifs is 2. The molecule has 12 heteroatoms. The number of nitrogens with two attached hydrogens (primary N) is 1. The third kappa shape index (κ3) is 2.99. The quantitative estimate of drug-likeness (QED) is 0.346. The highest BCUT2D eigenvalue weighted by atomic mass is 32.2. The van der Waals surface area contributed by atoms with Crippen molar-refractivity contribution in [2.24, 2.45) is 17.6 Å². The largest absolute Gasteiger partial charge is 0.543 e. The number of imidazole rings is 1. The van der Waals surface area contributed by atoms with Gasteiger partial charge in [0.05, 0.1) is 41.3 Å². The van der Waals surface area contributed by atoms with Crippen LogP contribution in [0.4, 0.5) is 9.18 Å². The number of carbonyl (C=O) groups excluding carboxylic acids is 3. The molecule has 0 aromatic carbocycles. The van der Waals surface area contributed by atoms with E-state index in [0.29, 0.717) is 26.0 Å². The molecule has 0 aliphatic carbocycles. The molecule has 0 radical (unpaired) electrons. The van der Waals surface area contributed by atoms with E-state index in [9.17, 15) is 29.0 Å². The van der Waals surface area contributed by atoms with Crippen LogP contribution in [0.2, 0.25) is 0 Å². The van der Waals surface area contributed by atoms with E-state index in [1.165, 1.54) is 34.1 Å². The van der Waals surface area contributed by atoms with Crippen molar-refractivity contribution >= 4 is 51.4 Å². The Hall–Kier alpha value is -2.44. The van der Waals surface area contributed by atoms with Crippen molar-refractivity contribution < 1.29 is 33.4 Å². The first kappa shape index (κ1) is 21.8. The Bertz CT molecular complexity index is 1150. The molecule has 9 nitrogen and oxygen atoms in total. The molecule has 2 aromatic rings. The molecule has 2 amide bonds. The van der Waals surface area contributed by atoms with Crippen molar-refractivity contribution in [3.8, 4) is 0 Å². The first-order valence-corrected chi connectivity index (χ1v) is 11.4. The van der Waals surface area contributed by atoms with Crippen molar-refractivity contribution in [3.63, 3.8) is 0 Å². The van der Waals surface area contributed by atoms with Gasteiger partial charge in [0.25, 0.3) is 6.33 Å². The Morgan fingerprint density at radius 1 is 1.48 bits per heavy atom. The van der Waals surface area contributed by atoms with Gasteiger partial charge in [0, 0.05) is 17.2 Å². The minimum atomic E-state index is -1.46. The SMILES string of the molecule is Cc1c(C2=C(C(=O)[O-])N3C(=O)[C@H]([C@@H](C)O)[C@H]3[C@H]2C)sc2c(SCCF)n(C(N)=O)c[n+]12. The molecule has 0 saturated carbocycles. The van der Waals surface area contributed by atoms with E-state index >= 15 is 0 Å². The Balaban J connectivity index is 1.89. The molecule has 4 rings (SSSR count). The lowest BCUT2D eigenvalue weighted by Crippen LogP contribution is -2.64. The number of rotatable bonds is 6. The summed E-state index contributed by atoms with van der Waals surface area (Å²) in [4.78, 5) is 38.9. The van der Waals surface area contributed by atoms with Crippen LogP contribution in [0.15, 0.2) is 17.1 Å². The summed E-state index contributed by atoms with van der Waals surface area (Å²) in [5.74, 6) is -2.80. The average molecular weight is 469 g/mol. The number of carboxylic acids is 1. The number of hydrogen-bond acceptors (Lipinski definition) is 7. The minimum Gasteiger partial charge on any atom is -0.543 e. The molecule has 0 unspecified atom stereocenters. The summed E-state index contributed by atoms with van der Waals surface area (Å²) in [6.07, 6.45) is 0.585. The number of alkyl halides is 1. The number of carbonyl (C=O) groups is 3. The number of thioether (sulfide) groups is 1. The molecule has 3 N–H and O–H groups in total. The van der Waals surface area contributed by atoms with E-state index in [1.54, 1.807) is 11.3 Å². The molecule has 2 aromatic heterocycles. The zero-order chi connectivity index (χ0) is 22.8. The number of hydrogen-bond donors (Lipinski definition) is 2. The van der Waals surface area contributed by atoms with Crippen molar-refractivity contribution in [2.75, 3.05) is 12.4 Å². The third-order valence-corrected chi connectivity index (χ3v) is 8.36. The maximum atomic E-state index is 12.8. The number of aromatic nitrogens is 2. The second kappa shape index (κ2) is 7.61. The maximum absolute atomic E-state index is 12.8. The molecule has 0 spiro atoms. The van der Waals surface area contributed by atoms with E-state index in [1.807, 2.05) is 6.92 Å². The molecule has 0 bridgehead atoms. The van der Waals surface area contributed by atoms with Crippen molar-refractivity contribution in [2.45, 2.75) is 37.9 Å². The predicted octanol–water partition coefficient (Wildman–Crippen LogP) is -0.0964. The van der Waals surface area contributed by atoms with E-state index in [4.69, 9.17) is 5.73 Å². The third-order valence-electron chi connectivity index (χ3n) is 5.90. The molecule has 1 saturated heterocycles. The second-order valence-electron chi connectivity index (χ2n) is 7.66. The van der Waals surface area contributed by atoms with Crippen molar-refractivity contribution in [3.05, 3.63) is 22.6 Å². The van der Waals surface area contributed by atoms with Gasteiger partial charge >= 0.3 is 6.03 Å². The number of primary amides is 1. The van der Waals surface area contributed by atoms with Crippen LogP contribution in [0.25, 0.3) is 10.4 Å². The lowest BCUT2D eigenvalue weighted by atomic mass is 9.77. The number of aliphatic carboxylic acids is 1. The number of halogens is 1. The average Bonchev–Trinajstić information content (AvgIpc) is 3.28. The van der Waals surface area contributed by atoms with Gasteiger partial charge < -0.3 is 25.6 Å². The van der Waals surface area contributed by atoms with Gasteiger partial charge in [-0.3, -0.25) is 9.18 Å². The highest BCUT2D eigenvalue weighted by Crippen LogP contribution is 2.51. The first-order chi connectivity index (χ1) is 14.6. The predicted molar refractivity (Wildman–Crippen MR) is 109 cm³/mol. The number of aliphatic hydroxyl groups is 1. The standard InChI is InChI=1S/C19H21FN4O5S2/c1-7-10(13(18(27)28)24-12(7)11(9(3)25)15(24)26)14-8(2)22-6-23(19(21)29)16(17(22)31-14)30-5-4-20/h6-7,9,11-12,25H,4-5H2,1-3H3,(H2-,21,27,28,29)/t7-,9+,11+,12+/m0/s1. The van der Waals surface area contributed by atoms with Crippen LogP contribution in [0.3, 0.4) is 0 Å². The first-order valence-electron chi connectivity index (χ1n) is 9.63. The van der Waals surface area contributed by atoms with Crippen molar-refractivity contribution in [1.29, 1.82) is 0 Å². The van der Waals surface area contributed by atoms with Crippen LogP contribution in [0.1, 0.15) is 24.4 Å². The zero-order valence-electron chi connectivity index (χ0n) is 17.0. The summed E-state index contributed by atoms with van der Waals surface area (Å²) in [6, 6.07) is -1.18. The maximum Gasteiger partial charge on any atom is 0.411 e. The normalized spacial score (nSPS) is 24.0. The van der Waals surface area contributed by atoms with Gasteiger partial charge in [-0.05, 0) is 13.8 Å². The number of aliphatic hydroxyl groups excluding tert-OH is 1. The number of β-lactam (4-membered cyclic amide) rings is 1. The molecule has 4 heterocycles. The molecule has 2 aliphatic rings. The minimum absolute atomic E-state index is 0.128. The summed E-state index contributed by atoms with van der Waals surface area (Å²) in [5.41, 5.74) is 6.38. The summed E-state index contributed by atoms with van der Waals surface area (Å²) in [5, 5.41) is 22.5. The van der Waals surface area contributed by atoms with Gasteiger partial charge in [-0.1, -0.05) is 30.0 Å². The monoisotopic (exact) mass is 468 g/mol. The van der Waals surface area contributed by atoms with Gasteiger partial charge in [-0.25, -0.2) is 4.79 Å². The van der Waals surface area contributed by atoms with Gasteiger partial charge in [-0.2, -0.15) is 4.40 Å². The topological polar surface area (TPSA) is 133 Å². The number of carboxylic acid groups (broad SMARTS) is 1. The molecule has 2 aliphatic heterocycles. The molecule has 31 heavy (non-hydrogen) atoms. The summed E-state index contributed by atoms with van der Waals surface area (Å²) >= 11 is 2.38. The molecule has 1 fully saturated rings. The van der Waals surface area contributed by atoms with E-state index in [2.05, 4.69) is 0 Å². The van der Waals surface area contributed by atoms with Crippen LogP contribution in [0, 0.1) is 18.8 Å². The Labute approximate surface area is 184 Å². The lowest BCUT2D eigenvalue weighted by Gasteiger charge is -2.47. The van der Waals surface area contributed by atoms with E-state index in [-0.39, 0.29) is 17.4 Å². The van der Waals surface area contributed by atoms with Gasteiger partial charge in [-0.15, -0.1) is 4.57 Å². The van der Waals surface area contributed by atoms with Crippen LogP contribution >= 0.6 is 23.1 Å². The van der Waals surface area contributed by atoms with Crippen molar-refractivity contribution in [1.82, 2.24) is 9.47 Å². The number of aryl methyl sites for hydroxylation is 1. The van der Waals surface area contributed by atoms with E-state index in [0.717, 1.165) is 11.8 Å². The summed E-state index contributed by atoms with van der Waals surface area (Å²) in [7, 11) is 0. The molecular weight excluding hydrogens is 447 g/mol. The Kier molecular flexibility index (Phi) is 5.34.